The van der Waals surface area contributed by atoms with Gasteiger partial charge in [0.25, 0.3) is 0 Å². The summed E-state index contributed by atoms with van der Waals surface area (Å²) in [7, 11) is 0. The lowest BCUT2D eigenvalue weighted by Crippen LogP contribution is -2.48. The zero-order valence-electron chi connectivity index (χ0n) is 16.8. The minimum Gasteiger partial charge on any atom is -0.465 e. The number of hydrogen-bond donors (Lipinski definition) is 0. The molecule has 0 aromatic carbocycles. The molecule has 2 aliphatic rings. The van der Waals surface area contributed by atoms with Gasteiger partial charge < -0.3 is 4.74 Å². The van der Waals surface area contributed by atoms with E-state index in [0.29, 0.717) is 18.6 Å². The average Bonchev–Trinajstić information content (AvgIpc) is 2.61. The number of hydrogen-bond acceptors (Lipinski definition) is 3. The van der Waals surface area contributed by atoms with Gasteiger partial charge in [0.1, 0.15) is 0 Å². The molecule has 2 saturated carbocycles. The van der Waals surface area contributed by atoms with E-state index in [2.05, 4.69) is 24.3 Å². The second-order valence-corrected chi connectivity index (χ2v) is 8.61. The molecule has 3 nitrogen and oxygen atoms in total. The van der Waals surface area contributed by atoms with Crippen LogP contribution in [0.5, 0.6) is 0 Å². The summed E-state index contributed by atoms with van der Waals surface area (Å²) in [5.41, 5.74) is -0.270. The van der Waals surface area contributed by atoms with Crippen molar-refractivity contribution in [3.8, 4) is 24.2 Å². The number of esters is 1. The number of carbonyl (C=O) groups is 2. The lowest BCUT2D eigenvalue weighted by molar-refractivity contribution is -0.157. The molecule has 3 atom stereocenters. The van der Waals surface area contributed by atoms with Gasteiger partial charge in [-0.2, -0.15) is 0 Å². The molecule has 0 aromatic rings. The van der Waals surface area contributed by atoms with E-state index < -0.39 is 10.8 Å². The van der Waals surface area contributed by atoms with Crippen molar-refractivity contribution in [3.63, 3.8) is 0 Å². The monoisotopic (exact) mass is 366 g/mol. The first kappa shape index (κ1) is 21.0. The van der Waals surface area contributed by atoms with Crippen molar-refractivity contribution in [1.82, 2.24) is 0 Å². The van der Waals surface area contributed by atoms with Crippen LogP contribution in [-0.4, -0.2) is 18.4 Å². The third kappa shape index (κ3) is 4.54. The molecular weight excluding hydrogens is 336 g/mol. The predicted octanol–water partition coefficient (Wildman–Crippen LogP) is 4.48. The molecule has 144 valence electrons. The highest BCUT2D eigenvalue weighted by Gasteiger charge is 2.52. The van der Waals surface area contributed by atoms with Crippen LogP contribution in [0, 0.1) is 46.9 Å². The fourth-order valence-corrected chi connectivity index (χ4v) is 4.37. The normalized spacial score (nSPS) is 28.5. The SMILES string of the molecule is C#C/C=C\C#C[C@@H]1CCC[C@H](COC(=O)C(C)(C)C)[C@]12CCCC(=O)C2=C. The smallest absolute Gasteiger partial charge is 0.311 e. The van der Waals surface area contributed by atoms with Crippen molar-refractivity contribution >= 4 is 11.8 Å². The first-order valence-electron chi connectivity index (χ1n) is 9.75. The van der Waals surface area contributed by atoms with Crippen LogP contribution in [0.25, 0.3) is 0 Å². The van der Waals surface area contributed by atoms with Crippen LogP contribution in [0.3, 0.4) is 0 Å². The molecule has 0 aliphatic heterocycles. The van der Waals surface area contributed by atoms with Crippen LogP contribution in [0.4, 0.5) is 0 Å². The third-order valence-corrected chi connectivity index (χ3v) is 5.84. The lowest BCUT2D eigenvalue weighted by atomic mass is 9.52. The molecule has 0 aromatic heterocycles. The summed E-state index contributed by atoms with van der Waals surface area (Å²) in [4.78, 5) is 24.8. The van der Waals surface area contributed by atoms with Gasteiger partial charge >= 0.3 is 5.97 Å². The fourth-order valence-electron chi connectivity index (χ4n) is 4.37. The molecule has 0 heterocycles. The van der Waals surface area contributed by atoms with E-state index in [-0.39, 0.29) is 23.6 Å². The first-order valence-corrected chi connectivity index (χ1v) is 9.75. The van der Waals surface area contributed by atoms with Gasteiger partial charge in [-0.05, 0) is 64.2 Å². The van der Waals surface area contributed by atoms with E-state index in [1.807, 2.05) is 20.8 Å². The first-order chi connectivity index (χ1) is 12.7. The van der Waals surface area contributed by atoms with Gasteiger partial charge in [0, 0.05) is 23.7 Å². The van der Waals surface area contributed by atoms with Crippen LogP contribution in [0.2, 0.25) is 0 Å². The maximum atomic E-state index is 12.5. The summed E-state index contributed by atoms with van der Waals surface area (Å²) in [6, 6.07) is 0. The number of ketones is 1. The van der Waals surface area contributed by atoms with Crippen LogP contribution in [0.15, 0.2) is 24.3 Å². The number of terminal acetylenes is 1. The Hall–Kier alpha value is -2.26. The largest absolute Gasteiger partial charge is 0.465 e. The molecule has 0 radical (unpaired) electrons. The molecule has 27 heavy (non-hydrogen) atoms. The van der Waals surface area contributed by atoms with Crippen molar-refractivity contribution in [2.75, 3.05) is 6.61 Å². The Morgan fingerprint density at radius 3 is 2.74 bits per heavy atom. The second kappa shape index (κ2) is 8.62. The summed E-state index contributed by atoms with van der Waals surface area (Å²) < 4.78 is 5.67. The van der Waals surface area contributed by atoms with Gasteiger partial charge in [-0.15, -0.1) is 6.42 Å². The van der Waals surface area contributed by atoms with Gasteiger partial charge in [0.15, 0.2) is 5.78 Å². The van der Waals surface area contributed by atoms with E-state index in [9.17, 15) is 9.59 Å². The Morgan fingerprint density at radius 2 is 2.07 bits per heavy atom. The highest BCUT2D eigenvalue weighted by Crippen LogP contribution is 2.55. The van der Waals surface area contributed by atoms with Crippen LogP contribution >= 0.6 is 0 Å². The highest BCUT2D eigenvalue weighted by molar-refractivity contribution is 5.97. The molecule has 3 heteroatoms. The Labute approximate surface area is 163 Å². The Bertz CT molecular complexity index is 732. The van der Waals surface area contributed by atoms with Crippen molar-refractivity contribution in [3.05, 3.63) is 24.3 Å². The highest BCUT2D eigenvalue weighted by atomic mass is 16.5. The van der Waals surface area contributed by atoms with Crippen LogP contribution < -0.4 is 0 Å². The van der Waals surface area contributed by atoms with Crippen molar-refractivity contribution in [2.24, 2.45) is 22.7 Å². The molecule has 2 fully saturated rings. The fraction of sp³-hybridized carbons (Fsp3) is 0.583. The molecule has 1 spiro atoms. The van der Waals surface area contributed by atoms with E-state index >= 15 is 0 Å². The van der Waals surface area contributed by atoms with Crippen molar-refractivity contribution in [2.45, 2.75) is 59.3 Å². The Balaban J connectivity index is 2.33. The maximum Gasteiger partial charge on any atom is 0.311 e. The lowest BCUT2D eigenvalue weighted by Gasteiger charge is -2.50. The quantitative estimate of drug-likeness (QED) is 0.411. The minimum atomic E-state index is -0.541. The third-order valence-electron chi connectivity index (χ3n) is 5.84. The summed E-state index contributed by atoms with van der Waals surface area (Å²) in [5.74, 6) is 8.82. The summed E-state index contributed by atoms with van der Waals surface area (Å²) in [6.07, 6.45) is 13.6. The minimum absolute atomic E-state index is 0.0313. The topological polar surface area (TPSA) is 43.4 Å². The van der Waals surface area contributed by atoms with Crippen molar-refractivity contribution < 1.29 is 14.3 Å². The van der Waals surface area contributed by atoms with Gasteiger partial charge in [0.05, 0.1) is 12.0 Å². The number of carbonyl (C=O) groups excluding carboxylic acids is 2. The Kier molecular flexibility index (Phi) is 6.72. The zero-order valence-corrected chi connectivity index (χ0v) is 16.8. The van der Waals surface area contributed by atoms with Crippen LogP contribution in [0.1, 0.15) is 59.3 Å². The van der Waals surface area contributed by atoms with Crippen molar-refractivity contribution in [1.29, 1.82) is 0 Å². The molecule has 0 saturated heterocycles. The van der Waals surface area contributed by atoms with E-state index in [4.69, 9.17) is 11.2 Å². The molecule has 0 bridgehead atoms. The van der Waals surface area contributed by atoms with Gasteiger partial charge in [-0.3, -0.25) is 9.59 Å². The molecule has 2 aliphatic carbocycles. The molecular formula is C24H30O3. The standard InChI is InChI=1S/C24H30O3/c1-6-7-8-9-12-19-13-10-14-20(17-27-22(26)23(3,4)5)24(19)16-11-15-21(25)18(24)2/h1,7-8,19-20H,2,10-11,13-17H2,3-5H3/b8-7-/t19-,20-,24+/m1/s1. The molecule has 0 amide bonds. The number of rotatable bonds is 2. The van der Waals surface area contributed by atoms with E-state index in [1.54, 1.807) is 12.2 Å². The van der Waals surface area contributed by atoms with Gasteiger partial charge in [-0.1, -0.05) is 30.8 Å². The number of ether oxygens (including phenoxy) is 1. The zero-order chi connectivity index (χ0) is 20.1. The second-order valence-electron chi connectivity index (χ2n) is 8.61. The summed E-state index contributed by atoms with van der Waals surface area (Å²) in [5, 5.41) is 0. The summed E-state index contributed by atoms with van der Waals surface area (Å²) in [6.45, 7) is 10.0. The number of allylic oxidation sites excluding steroid dienone is 3. The molecule has 2 rings (SSSR count). The van der Waals surface area contributed by atoms with Gasteiger partial charge in [0.2, 0.25) is 0 Å². The van der Waals surface area contributed by atoms with Gasteiger partial charge in [-0.25, -0.2) is 0 Å². The predicted molar refractivity (Wildman–Crippen MR) is 107 cm³/mol. The van der Waals surface area contributed by atoms with E-state index in [0.717, 1.165) is 32.1 Å². The number of Topliss-reactive ketones (excluding diaryl/α,β-unsaturated/α-hetero) is 1. The average molecular weight is 367 g/mol. The molecule has 0 unspecified atom stereocenters. The maximum absolute atomic E-state index is 12.5. The van der Waals surface area contributed by atoms with Crippen LogP contribution in [-0.2, 0) is 14.3 Å². The Morgan fingerprint density at radius 1 is 1.33 bits per heavy atom. The molecule has 0 N–H and O–H groups in total. The van der Waals surface area contributed by atoms with E-state index in [1.165, 1.54) is 0 Å². The summed E-state index contributed by atoms with van der Waals surface area (Å²) >= 11 is 0.